The molecule has 0 aliphatic carbocycles. The van der Waals surface area contributed by atoms with Crippen LogP contribution in [0.4, 0.5) is 5.69 Å². The maximum absolute atomic E-state index is 12.3. The van der Waals surface area contributed by atoms with Gasteiger partial charge in [-0.05, 0) is 18.6 Å². The van der Waals surface area contributed by atoms with Gasteiger partial charge in [0.15, 0.2) is 5.69 Å². The zero-order valence-corrected chi connectivity index (χ0v) is 10.9. The molecule has 1 aromatic heterocycles. The zero-order chi connectivity index (χ0) is 14.1. The van der Waals surface area contributed by atoms with Crippen LogP contribution in [-0.2, 0) is 11.3 Å². The van der Waals surface area contributed by atoms with Gasteiger partial charge < -0.3 is 14.7 Å². The van der Waals surface area contributed by atoms with E-state index in [4.69, 9.17) is 4.52 Å². The summed E-state index contributed by atoms with van der Waals surface area (Å²) >= 11 is 0. The van der Waals surface area contributed by atoms with Gasteiger partial charge in [-0.15, -0.1) is 0 Å². The fourth-order valence-electron chi connectivity index (χ4n) is 2.18. The minimum atomic E-state index is -0.311. The molecule has 1 aliphatic rings. The molecule has 1 aromatic carbocycles. The average Bonchev–Trinajstić information content (AvgIpc) is 2.77. The van der Waals surface area contributed by atoms with Crippen molar-refractivity contribution >= 4 is 17.5 Å². The van der Waals surface area contributed by atoms with Gasteiger partial charge in [0.1, 0.15) is 12.3 Å². The number of nitrogens with one attached hydrogen (secondary N) is 1. The number of carbonyl (C=O) groups excluding carboxylic acids is 2. The Labute approximate surface area is 115 Å². The van der Waals surface area contributed by atoms with Gasteiger partial charge in [0, 0.05) is 18.3 Å². The van der Waals surface area contributed by atoms with Crippen molar-refractivity contribution in [3.05, 3.63) is 47.3 Å². The highest BCUT2D eigenvalue weighted by Gasteiger charge is 2.25. The Morgan fingerprint density at radius 3 is 2.90 bits per heavy atom. The van der Waals surface area contributed by atoms with Gasteiger partial charge in [-0.3, -0.25) is 9.59 Å². The summed E-state index contributed by atoms with van der Waals surface area (Å²) in [4.78, 5) is 25.6. The second kappa shape index (κ2) is 4.80. The first-order chi connectivity index (χ1) is 9.63. The number of rotatable bonds is 1. The first kappa shape index (κ1) is 12.4. The van der Waals surface area contributed by atoms with Gasteiger partial charge in [0.25, 0.3) is 5.91 Å². The predicted octanol–water partition coefficient (Wildman–Crippen LogP) is 1.58. The summed E-state index contributed by atoms with van der Waals surface area (Å²) in [5, 5.41) is 6.49. The number of amides is 2. The summed E-state index contributed by atoms with van der Waals surface area (Å²) in [5.41, 5.74) is 1.85. The second-order valence-corrected chi connectivity index (χ2v) is 4.69. The maximum Gasteiger partial charge on any atom is 0.276 e. The minimum Gasteiger partial charge on any atom is -0.361 e. The lowest BCUT2D eigenvalue weighted by Crippen LogP contribution is -2.35. The van der Waals surface area contributed by atoms with Crippen molar-refractivity contribution in [1.29, 1.82) is 0 Å². The molecule has 2 amide bonds. The Morgan fingerprint density at radius 1 is 1.35 bits per heavy atom. The van der Waals surface area contributed by atoms with E-state index in [2.05, 4.69) is 10.5 Å². The Morgan fingerprint density at radius 2 is 2.15 bits per heavy atom. The number of fused-ring (bicyclic) bond motifs is 1. The molecule has 1 aliphatic heterocycles. The van der Waals surface area contributed by atoms with Crippen molar-refractivity contribution in [2.75, 3.05) is 11.9 Å². The molecule has 3 rings (SSSR count). The fraction of sp³-hybridized carbons (Fsp3) is 0.214. The van der Waals surface area contributed by atoms with Crippen LogP contribution in [0.5, 0.6) is 0 Å². The molecule has 6 heteroatoms. The van der Waals surface area contributed by atoms with Crippen molar-refractivity contribution in [2.45, 2.75) is 13.5 Å². The third-order valence-electron chi connectivity index (χ3n) is 3.12. The standard InChI is InChI=1S/C14H13N3O3/c1-9-6-12(16-20-9)14(19)17-7-10-4-2-3-5-11(10)15-13(18)8-17/h2-6H,7-8H2,1H3,(H,15,18). The third kappa shape index (κ3) is 2.27. The van der Waals surface area contributed by atoms with E-state index in [-0.39, 0.29) is 24.1 Å². The molecule has 2 aromatic rings. The van der Waals surface area contributed by atoms with Crippen molar-refractivity contribution in [3.63, 3.8) is 0 Å². The van der Waals surface area contributed by atoms with E-state index in [1.807, 2.05) is 24.3 Å². The van der Waals surface area contributed by atoms with Crippen LogP contribution < -0.4 is 5.32 Å². The zero-order valence-electron chi connectivity index (χ0n) is 10.9. The quantitative estimate of drug-likeness (QED) is 0.854. The monoisotopic (exact) mass is 271 g/mol. The third-order valence-corrected chi connectivity index (χ3v) is 3.12. The van der Waals surface area contributed by atoms with Crippen molar-refractivity contribution in [3.8, 4) is 0 Å². The Hall–Kier alpha value is -2.63. The highest BCUT2D eigenvalue weighted by Crippen LogP contribution is 2.21. The molecule has 0 radical (unpaired) electrons. The summed E-state index contributed by atoms with van der Waals surface area (Å²) < 4.78 is 4.91. The molecule has 0 saturated carbocycles. The van der Waals surface area contributed by atoms with Gasteiger partial charge in [0.2, 0.25) is 5.91 Å². The van der Waals surface area contributed by atoms with Gasteiger partial charge >= 0.3 is 0 Å². The first-order valence-corrected chi connectivity index (χ1v) is 6.24. The molecule has 1 N–H and O–H groups in total. The molecule has 102 valence electrons. The molecule has 0 fully saturated rings. The second-order valence-electron chi connectivity index (χ2n) is 4.69. The van der Waals surface area contributed by atoms with E-state index in [0.29, 0.717) is 12.3 Å². The first-order valence-electron chi connectivity index (χ1n) is 6.24. The van der Waals surface area contributed by atoms with E-state index < -0.39 is 0 Å². The number of hydrogen-bond acceptors (Lipinski definition) is 4. The largest absolute Gasteiger partial charge is 0.361 e. The molecule has 20 heavy (non-hydrogen) atoms. The van der Waals surface area contributed by atoms with Crippen LogP contribution in [0.2, 0.25) is 0 Å². The average molecular weight is 271 g/mol. The summed E-state index contributed by atoms with van der Waals surface area (Å²) in [6.07, 6.45) is 0. The molecule has 0 unspecified atom stereocenters. The lowest BCUT2D eigenvalue weighted by atomic mass is 10.1. The number of carbonyl (C=O) groups is 2. The Balaban J connectivity index is 1.91. The number of nitrogens with zero attached hydrogens (tertiary/aromatic N) is 2. The molecule has 0 atom stereocenters. The van der Waals surface area contributed by atoms with E-state index >= 15 is 0 Å². The van der Waals surface area contributed by atoms with Crippen molar-refractivity contribution in [1.82, 2.24) is 10.1 Å². The summed E-state index contributed by atoms with van der Waals surface area (Å²) in [6.45, 7) is 2.08. The number of anilines is 1. The van der Waals surface area contributed by atoms with Crippen LogP contribution in [0, 0.1) is 6.92 Å². The fourth-order valence-corrected chi connectivity index (χ4v) is 2.18. The Kier molecular flexibility index (Phi) is 2.98. The molecule has 0 spiro atoms. The summed E-state index contributed by atoms with van der Waals surface area (Å²) in [6, 6.07) is 8.99. The van der Waals surface area contributed by atoms with Gasteiger partial charge in [-0.25, -0.2) is 0 Å². The minimum absolute atomic E-state index is 0.000574. The smallest absolute Gasteiger partial charge is 0.276 e. The number of benzene rings is 1. The van der Waals surface area contributed by atoms with Crippen molar-refractivity contribution < 1.29 is 14.1 Å². The number of aromatic nitrogens is 1. The highest BCUT2D eigenvalue weighted by atomic mass is 16.5. The number of aryl methyl sites for hydroxylation is 1. The van der Waals surface area contributed by atoms with E-state index in [1.165, 1.54) is 4.90 Å². The molecule has 0 saturated heterocycles. The maximum atomic E-state index is 12.3. The molecule has 6 nitrogen and oxygen atoms in total. The van der Waals surface area contributed by atoms with Gasteiger partial charge in [-0.1, -0.05) is 23.4 Å². The van der Waals surface area contributed by atoms with E-state index in [1.54, 1.807) is 13.0 Å². The molecule has 0 bridgehead atoms. The van der Waals surface area contributed by atoms with Crippen LogP contribution in [0.25, 0.3) is 0 Å². The number of hydrogen-bond donors (Lipinski definition) is 1. The molecule has 2 heterocycles. The van der Waals surface area contributed by atoms with Crippen LogP contribution in [0.1, 0.15) is 21.8 Å². The van der Waals surface area contributed by atoms with E-state index in [0.717, 1.165) is 11.3 Å². The molecular formula is C14H13N3O3. The number of para-hydroxylation sites is 1. The van der Waals surface area contributed by atoms with Crippen LogP contribution >= 0.6 is 0 Å². The topological polar surface area (TPSA) is 75.4 Å². The SMILES string of the molecule is Cc1cc(C(=O)N2CC(=O)Nc3ccccc3C2)no1. The predicted molar refractivity (Wildman–Crippen MR) is 71.1 cm³/mol. The summed E-state index contributed by atoms with van der Waals surface area (Å²) in [7, 11) is 0. The van der Waals surface area contributed by atoms with Crippen molar-refractivity contribution in [2.24, 2.45) is 0 Å². The highest BCUT2D eigenvalue weighted by molar-refractivity contribution is 5.99. The van der Waals surface area contributed by atoms with Crippen LogP contribution in [0.15, 0.2) is 34.9 Å². The lowest BCUT2D eigenvalue weighted by Gasteiger charge is -2.17. The van der Waals surface area contributed by atoms with Crippen LogP contribution in [0.3, 0.4) is 0 Å². The van der Waals surface area contributed by atoms with Gasteiger partial charge in [-0.2, -0.15) is 0 Å². The van der Waals surface area contributed by atoms with E-state index in [9.17, 15) is 9.59 Å². The Bertz CT molecular complexity index is 678. The van der Waals surface area contributed by atoms with Crippen LogP contribution in [-0.4, -0.2) is 28.4 Å². The lowest BCUT2D eigenvalue weighted by molar-refractivity contribution is -0.116. The normalized spacial score (nSPS) is 14.4. The summed E-state index contributed by atoms with van der Waals surface area (Å²) in [5.74, 6) is 0.0326. The van der Waals surface area contributed by atoms with Gasteiger partial charge in [0.05, 0.1) is 0 Å². The molecular weight excluding hydrogens is 258 g/mol.